The SMILES string of the molecule is Oc1ccc(/C=N/c2ccc(F)c(Br)c2)cc1. The quantitative estimate of drug-likeness (QED) is 0.833. The maximum absolute atomic E-state index is 13.0. The van der Waals surface area contributed by atoms with Crippen LogP contribution in [0.15, 0.2) is 51.9 Å². The largest absolute Gasteiger partial charge is 0.508 e. The highest BCUT2D eigenvalue weighted by atomic mass is 79.9. The summed E-state index contributed by atoms with van der Waals surface area (Å²) in [7, 11) is 0. The van der Waals surface area contributed by atoms with Crippen molar-refractivity contribution in [1.29, 1.82) is 0 Å². The molecule has 0 aliphatic heterocycles. The van der Waals surface area contributed by atoms with Gasteiger partial charge in [-0.05, 0) is 64.0 Å². The van der Waals surface area contributed by atoms with Crippen molar-refractivity contribution in [3.8, 4) is 5.75 Å². The van der Waals surface area contributed by atoms with Crippen LogP contribution in [-0.4, -0.2) is 11.3 Å². The van der Waals surface area contributed by atoms with Gasteiger partial charge >= 0.3 is 0 Å². The number of hydrogen-bond donors (Lipinski definition) is 1. The molecule has 4 heteroatoms. The molecule has 0 amide bonds. The zero-order valence-corrected chi connectivity index (χ0v) is 10.4. The molecule has 0 aromatic heterocycles. The Morgan fingerprint density at radius 2 is 1.82 bits per heavy atom. The van der Waals surface area contributed by atoms with Gasteiger partial charge in [0.2, 0.25) is 0 Å². The Balaban J connectivity index is 2.20. The standard InChI is InChI=1S/C13H9BrFNO/c14-12-7-10(3-6-13(12)15)16-8-9-1-4-11(17)5-2-9/h1-8,17H/b16-8+. The Bertz CT molecular complexity index is 552. The minimum Gasteiger partial charge on any atom is -0.508 e. The van der Waals surface area contributed by atoms with Crippen molar-refractivity contribution in [2.45, 2.75) is 0 Å². The van der Waals surface area contributed by atoms with Crippen LogP contribution < -0.4 is 0 Å². The number of benzene rings is 2. The van der Waals surface area contributed by atoms with Crippen molar-refractivity contribution in [2.75, 3.05) is 0 Å². The predicted molar refractivity (Wildman–Crippen MR) is 69.5 cm³/mol. The Hall–Kier alpha value is -1.68. The maximum atomic E-state index is 13.0. The average Bonchev–Trinajstić information content (AvgIpc) is 2.33. The number of phenolic OH excluding ortho intramolecular Hbond substituents is 1. The minimum absolute atomic E-state index is 0.215. The van der Waals surface area contributed by atoms with E-state index in [1.165, 1.54) is 6.07 Å². The normalized spacial score (nSPS) is 10.9. The number of halogens is 2. The van der Waals surface area contributed by atoms with Crippen LogP contribution in [0.2, 0.25) is 0 Å². The first-order valence-corrected chi connectivity index (χ1v) is 5.72. The van der Waals surface area contributed by atoms with Crippen molar-refractivity contribution in [2.24, 2.45) is 4.99 Å². The molecule has 0 heterocycles. The molecule has 0 fully saturated rings. The van der Waals surface area contributed by atoms with Crippen LogP contribution in [0, 0.1) is 5.82 Å². The van der Waals surface area contributed by atoms with Gasteiger partial charge in [0.05, 0.1) is 10.2 Å². The van der Waals surface area contributed by atoms with Gasteiger partial charge in [-0.2, -0.15) is 0 Å². The Morgan fingerprint density at radius 3 is 2.47 bits per heavy atom. The number of aliphatic imine (C=N–C) groups is 1. The summed E-state index contributed by atoms with van der Waals surface area (Å²) in [5.74, 6) is -0.0970. The monoisotopic (exact) mass is 293 g/mol. The molecule has 2 aromatic carbocycles. The lowest BCUT2D eigenvalue weighted by Gasteiger charge is -1.97. The first-order chi connectivity index (χ1) is 8.15. The van der Waals surface area contributed by atoms with Gasteiger partial charge in [-0.15, -0.1) is 0 Å². The summed E-state index contributed by atoms with van der Waals surface area (Å²) in [5, 5.41) is 9.12. The molecule has 2 aromatic rings. The van der Waals surface area contributed by atoms with E-state index in [-0.39, 0.29) is 11.6 Å². The molecule has 17 heavy (non-hydrogen) atoms. The molecule has 1 N–H and O–H groups in total. The third kappa shape index (κ3) is 3.14. The lowest BCUT2D eigenvalue weighted by molar-refractivity contribution is 0.475. The Labute approximate surface area is 107 Å². The van der Waals surface area contributed by atoms with E-state index < -0.39 is 0 Å². The van der Waals surface area contributed by atoms with E-state index in [4.69, 9.17) is 5.11 Å². The Morgan fingerprint density at radius 1 is 1.12 bits per heavy atom. The summed E-state index contributed by atoms with van der Waals surface area (Å²) in [6, 6.07) is 11.2. The van der Waals surface area contributed by atoms with Gasteiger partial charge in [0.15, 0.2) is 0 Å². The summed E-state index contributed by atoms with van der Waals surface area (Å²) < 4.78 is 13.4. The maximum Gasteiger partial charge on any atom is 0.137 e. The van der Waals surface area contributed by atoms with Crippen molar-refractivity contribution in [1.82, 2.24) is 0 Å². The highest BCUT2D eigenvalue weighted by Crippen LogP contribution is 2.22. The van der Waals surface area contributed by atoms with Crippen LogP contribution in [0.1, 0.15) is 5.56 Å². The number of hydrogen-bond acceptors (Lipinski definition) is 2. The second-order valence-electron chi connectivity index (χ2n) is 3.45. The van der Waals surface area contributed by atoms with Gasteiger partial charge in [-0.1, -0.05) is 0 Å². The first-order valence-electron chi connectivity index (χ1n) is 4.93. The topological polar surface area (TPSA) is 32.6 Å². The molecule has 0 radical (unpaired) electrons. The lowest BCUT2D eigenvalue weighted by Crippen LogP contribution is -1.80. The van der Waals surface area contributed by atoms with Gasteiger partial charge in [0.25, 0.3) is 0 Å². The summed E-state index contributed by atoms with van der Waals surface area (Å²) in [6.07, 6.45) is 1.65. The fourth-order valence-corrected chi connectivity index (χ4v) is 1.64. The van der Waals surface area contributed by atoms with E-state index in [1.54, 1.807) is 42.6 Å². The predicted octanol–water partition coefficient (Wildman–Crippen LogP) is 4.04. The molecule has 0 spiro atoms. The molecule has 0 saturated carbocycles. The van der Waals surface area contributed by atoms with Crippen molar-refractivity contribution in [3.63, 3.8) is 0 Å². The molecule has 0 saturated heterocycles. The van der Waals surface area contributed by atoms with Gasteiger partial charge < -0.3 is 5.11 Å². The van der Waals surface area contributed by atoms with E-state index in [9.17, 15) is 4.39 Å². The van der Waals surface area contributed by atoms with Gasteiger partial charge in [0, 0.05) is 6.21 Å². The summed E-state index contributed by atoms with van der Waals surface area (Å²) in [5.41, 5.74) is 1.52. The lowest BCUT2D eigenvalue weighted by atomic mass is 10.2. The van der Waals surface area contributed by atoms with Gasteiger partial charge in [-0.3, -0.25) is 4.99 Å². The van der Waals surface area contributed by atoms with Crippen molar-refractivity contribution >= 4 is 27.8 Å². The number of aromatic hydroxyl groups is 1. The van der Waals surface area contributed by atoms with Crippen LogP contribution >= 0.6 is 15.9 Å². The number of nitrogens with zero attached hydrogens (tertiary/aromatic N) is 1. The fraction of sp³-hybridized carbons (Fsp3) is 0. The van der Waals surface area contributed by atoms with Gasteiger partial charge in [0.1, 0.15) is 11.6 Å². The molecule has 2 rings (SSSR count). The summed E-state index contributed by atoms with van der Waals surface area (Å²) in [4.78, 5) is 4.20. The van der Waals surface area contributed by atoms with Crippen LogP contribution in [0.4, 0.5) is 10.1 Å². The fourth-order valence-electron chi connectivity index (χ4n) is 1.27. The third-order valence-electron chi connectivity index (χ3n) is 2.16. The summed E-state index contributed by atoms with van der Waals surface area (Å²) in [6.45, 7) is 0. The molecular formula is C13H9BrFNO. The second kappa shape index (κ2) is 5.10. The minimum atomic E-state index is -0.311. The molecule has 0 atom stereocenters. The molecular weight excluding hydrogens is 285 g/mol. The van der Waals surface area contributed by atoms with Crippen molar-refractivity contribution in [3.05, 3.63) is 58.3 Å². The zero-order valence-electron chi connectivity index (χ0n) is 8.77. The van der Waals surface area contributed by atoms with E-state index in [0.717, 1.165) is 5.56 Å². The van der Waals surface area contributed by atoms with E-state index in [2.05, 4.69) is 20.9 Å². The number of phenols is 1. The van der Waals surface area contributed by atoms with Crippen molar-refractivity contribution < 1.29 is 9.50 Å². The summed E-state index contributed by atoms with van der Waals surface area (Å²) >= 11 is 3.10. The van der Waals surface area contributed by atoms with Gasteiger partial charge in [-0.25, -0.2) is 4.39 Å². The molecule has 86 valence electrons. The van der Waals surface area contributed by atoms with E-state index in [1.807, 2.05) is 0 Å². The Kier molecular flexibility index (Phi) is 3.54. The van der Waals surface area contributed by atoms with Crippen LogP contribution in [-0.2, 0) is 0 Å². The smallest absolute Gasteiger partial charge is 0.137 e. The van der Waals surface area contributed by atoms with Crippen LogP contribution in [0.5, 0.6) is 5.75 Å². The number of rotatable bonds is 2. The molecule has 0 bridgehead atoms. The molecule has 0 aliphatic rings. The molecule has 0 unspecified atom stereocenters. The highest BCUT2D eigenvalue weighted by Gasteiger charge is 1.98. The van der Waals surface area contributed by atoms with Crippen LogP contribution in [0.25, 0.3) is 0 Å². The molecule has 2 nitrogen and oxygen atoms in total. The average molecular weight is 294 g/mol. The van der Waals surface area contributed by atoms with E-state index in [0.29, 0.717) is 10.2 Å². The van der Waals surface area contributed by atoms with Crippen LogP contribution in [0.3, 0.4) is 0 Å². The first kappa shape index (κ1) is 11.8. The van der Waals surface area contributed by atoms with E-state index >= 15 is 0 Å². The zero-order chi connectivity index (χ0) is 12.3. The highest BCUT2D eigenvalue weighted by molar-refractivity contribution is 9.10. The third-order valence-corrected chi connectivity index (χ3v) is 2.77. The second-order valence-corrected chi connectivity index (χ2v) is 4.30. The molecule has 0 aliphatic carbocycles.